The van der Waals surface area contributed by atoms with Crippen LogP contribution in [0.1, 0.15) is 44.7 Å². The normalized spacial score (nSPS) is 25.0. The van der Waals surface area contributed by atoms with E-state index in [4.69, 9.17) is 0 Å². The van der Waals surface area contributed by atoms with Crippen molar-refractivity contribution in [3.63, 3.8) is 0 Å². The van der Waals surface area contributed by atoms with Gasteiger partial charge in [0.15, 0.2) is 0 Å². The van der Waals surface area contributed by atoms with E-state index in [-0.39, 0.29) is 29.7 Å². The molecule has 2 amide bonds. The predicted molar refractivity (Wildman–Crippen MR) is 81.6 cm³/mol. The van der Waals surface area contributed by atoms with Gasteiger partial charge in [-0.25, -0.2) is 0 Å². The maximum Gasteiger partial charge on any atom is 0.227 e. The van der Waals surface area contributed by atoms with Crippen molar-refractivity contribution in [2.75, 3.05) is 5.32 Å². The number of anilines is 1. The van der Waals surface area contributed by atoms with Gasteiger partial charge in [-0.05, 0) is 49.8 Å². The van der Waals surface area contributed by atoms with Crippen molar-refractivity contribution in [2.45, 2.75) is 39.2 Å². The molecular formula is C17H22N2O2. The van der Waals surface area contributed by atoms with Gasteiger partial charge in [-0.2, -0.15) is 0 Å². The summed E-state index contributed by atoms with van der Waals surface area (Å²) in [5, 5.41) is 5.97. The van der Waals surface area contributed by atoms with Crippen LogP contribution >= 0.6 is 0 Å². The highest BCUT2D eigenvalue weighted by atomic mass is 16.2. The molecule has 1 aromatic carbocycles. The molecule has 0 aliphatic heterocycles. The first kappa shape index (κ1) is 14.1. The summed E-state index contributed by atoms with van der Waals surface area (Å²) < 4.78 is 0. The van der Waals surface area contributed by atoms with E-state index in [0.717, 1.165) is 30.5 Å². The lowest BCUT2D eigenvalue weighted by Gasteiger charge is -2.15. The average molecular weight is 286 g/mol. The molecule has 2 saturated carbocycles. The van der Waals surface area contributed by atoms with Crippen molar-refractivity contribution in [1.29, 1.82) is 0 Å². The van der Waals surface area contributed by atoms with Gasteiger partial charge in [-0.1, -0.05) is 19.1 Å². The number of nitrogens with one attached hydrogen (secondary N) is 2. The van der Waals surface area contributed by atoms with E-state index in [9.17, 15) is 9.59 Å². The third-order valence-corrected chi connectivity index (χ3v) is 4.43. The summed E-state index contributed by atoms with van der Waals surface area (Å²) in [6.45, 7) is 4.09. The largest absolute Gasteiger partial charge is 0.349 e. The molecule has 112 valence electrons. The van der Waals surface area contributed by atoms with Crippen LogP contribution < -0.4 is 10.6 Å². The summed E-state index contributed by atoms with van der Waals surface area (Å²) in [5.74, 6) is 1.21. The van der Waals surface area contributed by atoms with Gasteiger partial charge in [-0.3, -0.25) is 9.59 Å². The highest BCUT2D eigenvalue weighted by Gasteiger charge is 2.39. The van der Waals surface area contributed by atoms with Crippen molar-refractivity contribution in [3.05, 3.63) is 29.8 Å². The Hall–Kier alpha value is -1.84. The van der Waals surface area contributed by atoms with Crippen LogP contribution in [0.4, 0.5) is 5.69 Å². The maximum absolute atomic E-state index is 11.9. The first-order chi connectivity index (χ1) is 10.0. The van der Waals surface area contributed by atoms with Crippen molar-refractivity contribution >= 4 is 17.5 Å². The Labute approximate surface area is 125 Å². The third kappa shape index (κ3) is 3.43. The van der Waals surface area contributed by atoms with Gasteiger partial charge in [-0.15, -0.1) is 0 Å². The zero-order valence-corrected chi connectivity index (χ0v) is 12.6. The molecule has 0 spiro atoms. The van der Waals surface area contributed by atoms with Crippen molar-refractivity contribution in [2.24, 2.45) is 17.8 Å². The van der Waals surface area contributed by atoms with Gasteiger partial charge in [0.05, 0.1) is 6.04 Å². The smallest absolute Gasteiger partial charge is 0.227 e. The van der Waals surface area contributed by atoms with E-state index in [0.29, 0.717) is 5.92 Å². The summed E-state index contributed by atoms with van der Waals surface area (Å²) in [7, 11) is 0. The van der Waals surface area contributed by atoms with Crippen LogP contribution in [0.5, 0.6) is 0 Å². The number of rotatable bonds is 5. The lowest BCUT2D eigenvalue weighted by molar-refractivity contribution is -0.123. The zero-order valence-electron chi connectivity index (χ0n) is 12.6. The van der Waals surface area contributed by atoms with E-state index in [1.165, 1.54) is 0 Å². The Bertz CT molecular complexity index is 548. The Morgan fingerprint density at radius 1 is 1.14 bits per heavy atom. The third-order valence-electron chi connectivity index (χ3n) is 4.43. The molecular weight excluding hydrogens is 264 g/mol. The van der Waals surface area contributed by atoms with Crippen molar-refractivity contribution < 1.29 is 9.59 Å². The molecule has 4 nitrogen and oxygen atoms in total. The van der Waals surface area contributed by atoms with Gasteiger partial charge >= 0.3 is 0 Å². The minimum Gasteiger partial charge on any atom is -0.349 e. The van der Waals surface area contributed by atoms with Gasteiger partial charge in [0.2, 0.25) is 11.8 Å². The van der Waals surface area contributed by atoms with Gasteiger partial charge < -0.3 is 10.6 Å². The number of benzene rings is 1. The quantitative estimate of drug-likeness (QED) is 0.874. The van der Waals surface area contributed by atoms with Crippen molar-refractivity contribution in [3.8, 4) is 0 Å². The monoisotopic (exact) mass is 286 g/mol. The molecule has 3 unspecified atom stereocenters. The molecule has 0 aromatic heterocycles. The second-order valence-electron chi connectivity index (χ2n) is 6.44. The fourth-order valence-corrected chi connectivity index (χ4v) is 2.54. The lowest BCUT2D eigenvalue weighted by atomic mass is 10.1. The summed E-state index contributed by atoms with van der Waals surface area (Å²) >= 11 is 0. The molecule has 0 bridgehead atoms. The van der Waals surface area contributed by atoms with Crippen LogP contribution in [0.25, 0.3) is 0 Å². The number of carbonyl (C=O) groups excluding carboxylic acids is 2. The highest BCUT2D eigenvalue weighted by molar-refractivity contribution is 5.94. The van der Waals surface area contributed by atoms with E-state index >= 15 is 0 Å². The second kappa shape index (κ2) is 5.51. The first-order valence-corrected chi connectivity index (χ1v) is 7.76. The maximum atomic E-state index is 11.9. The number of carbonyl (C=O) groups is 2. The fraction of sp³-hybridized carbons (Fsp3) is 0.529. The molecule has 21 heavy (non-hydrogen) atoms. The minimum absolute atomic E-state index is 0.00140. The van der Waals surface area contributed by atoms with Crippen LogP contribution in [0.15, 0.2) is 24.3 Å². The van der Waals surface area contributed by atoms with Crippen LogP contribution in [0, 0.1) is 17.8 Å². The molecule has 4 heteroatoms. The van der Waals surface area contributed by atoms with E-state index in [1.54, 1.807) is 0 Å². The Kier molecular flexibility index (Phi) is 3.70. The molecule has 0 saturated heterocycles. The van der Waals surface area contributed by atoms with Crippen LogP contribution in [-0.4, -0.2) is 11.8 Å². The molecule has 2 N–H and O–H groups in total. The first-order valence-electron chi connectivity index (χ1n) is 7.76. The lowest BCUT2D eigenvalue weighted by Crippen LogP contribution is -2.28. The van der Waals surface area contributed by atoms with Gasteiger partial charge in [0.1, 0.15) is 0 Å². The topological polar surface area (TPSA) is 58.2 Å². The SMILES string of the molecule is CC(NC(=O)C1CC1C)c1ccc(NC(=O)C2CC2)cc1. The fourth-order valence-electron chi connectivity index (χ4n) is 2.54. The van der Waals surface area contributed by atoms with Gasteiger partial charge in [0, 0.05) is 17.5 Å². The molecule has 2 aliphatic carbocycles. The van der Waals surface area contributed by atoms with E-state index in [2.05, 4.69) is 17.6 Å². The summed E-state index contributed by atoms with van der Waals surface area (Å²) in [6, 6.07) is 7.72. The van der Waals surface area contributed by atoms with Crippen LogP contribution in [0.2, 0.25) is 0 Å². The molecule has 0 heterocycles. The summed E-state index contributed by atoms with van der Waals surface area (Å²) in [5.41, 5.74) is 1.88. The molecule has 3 rings (SSSR count). The standard InChI is InChI=1S/C17H22N2O2/c1-10-9-15(10)17(21)18-11(2)12-5-7-14(8-6-12)19-16(20)13-3-4-13/h5-8,10-11,13,15H,3-4,9H2,1-2H3,(H,18,21)(H,19,20). The van der Waals surface area contributed by atoms with E-state index in [1.807, 2.05) is 31.2 Å². The molecule has 0 radical (unpaired) electrons. The summed E-state index contributed by atoms with van der Waals surface area (Å²) in [4.78, 5) is 23.6. The van der Waals surface area contributed by atoms with Crippen molar-refractivity contribution in [1.82, 2.24) is 5.32 Å². The average Bonchev–Trinajstić information content (AvgIpc) is 3.34. The van der Waals surface area contributed by atoms with Crippen LogP contribution in [-0.2, 0) is 9.59 Å². The number of hydrogen-bond donors (Lipinski definition) is 2. The molecule has 2 aliphatic rings. The Morgan fingerprint density at radius 2 is 1.76 bits per heavy atom. The Balaban J connectivity index is 1.55. The summed E-state index contributed by atoms with van der Waals surface area (Å²) in [6.07, 6.45) is 3.02. The minimum atomic E-state index is -0.00140. The predicted octanol–water partition coefficient (Wildman–Crippen LogP) is 2.87. The number of hydrogen-bond acceptors (Lipinski definition) is 2. The zero-order chi connectivity index (χ0) is 15.0. The second-order valence-corrected chi connectivity index (χ2v) is 6.44. The van der Waals surface area contributed by atoms with E-state index < -0.39 is 0 Å². The number of amides is 2. The molecule has 1 aromatic rings. The Morgan fingerprint density at radius 3 is 2.29 bits per heavy atom. The van der Waals surface area contributed by atoms with Gasteiger partial charge in [0.25, 0.3) is 0 Å². The van der Waals surface area contributed by atoms with Crippen LogP contribution in [0.3, 0.4) is 0 Å². The molecule has 3 atom stereocenters. The highest BCUT2D eigenvalue weighted by Crippen LogP contribution is 2.38. The molecule has 2 fully saturated rings.